The van der Waals surface area contributed by atoms with Gasteiger partial charge in [0.15, 0.2) is 0 Å². The number of tetrazole rings is 1. The van der Waals surface area contributed by atoms with Crippen LogP contribution < -0.4 is 5.32 Å². The van der Waals surface area contributed by atoms with Crippen molar-refractivity contribution in [2.75, 3.05) is 0 Å². The number of amides is 2. The maximum Gasteiger partial charge on any atom is 0.306 e. The van der Waals surface area contributed by atoms with Crippen LogP contribution in [0.1, 0.15) is 49.8 Å². The van der Waals surface area contributed by atoms with E-state index in [0.29, 0.717) is 22.7 Å². The third-order valence-corrected chi connectivity index (χ3v) is 6.06. The zero-order valence-electron chi connectivity index (χ0n) is 20.5. The number of esters is 1. The summed E-state index contributed by atoms with van der Waals surface area (Å²) >= 11 is 6.15. The highest BCUT2D eigenvalue weighted by molar-refractivity contribution is 6.30. The van der Waals surface area contributed by atoms with Gasteiger partial charge >= 0.3 is 5.97 Å². The third kappa shape index (κ3) is 6.38. The molecule has 2 amide bonds. The van der Waals surface area contributed by atoms with E-state index in [2.05, 4.69) is 25.9 Å². The smallest absolute Gasteiger partial charge is 0.306 e. The van der Waals surface area contributed by atoms with Gasteiger partial charge in [-0.1, -0.05) is 37.1 Å². The van der Waals surface area contributed by atoms with Crippen molar-refractivity contribution in [3.8, 4) is 5.69 Å². The summed E-state index contributed by atoms with van der Waals surface area (Å²) in [4.78, 5) is 39.1. The molecular formula is C25H25ClFN7O4. The van der Waals surface area contributed by atoms with Gasteiger partial charge in [0.1, 0.15) is 18.2 Å². The van der Waals surface area contributed by atoms with E-state index in [1.165, 1.54) is 41.5 Å². The van der Waals surface area contributed by atoms with Crippen molar-refractivity contribution in [3.63, 3.8) is 0 Å². The van der Waals surface area contributed by atoms with Crippen LogP contribution in [0.3, 0.4) is 0 Å². The van der Waals surface area contributed by atoms with E-state index in [4.69, 9.17) is 16.3 Å². The number of nitrogens with zero attached hydrogens (tertiary/aromatic N) is 6. The molecule has 3 aromatic rings. The third-order valence-electron chi connectivity index (χ3n) is 5.83. The molecule has 2 atom stereocenters. The molecule has 2 aromatic carbocycles. The first-order valence-corrected chi connectivity index (χ1v) is 12.3. The summed E-state index contributed by atoms with van der Waals surface area (Å²) in [6, 6.07) is 9.14. The van der Waals surface area contributed by atoms with Crippen molar-refractivity contribution in [2.24, 2.45) is 5.10 Å². The minimum Gasteiger partial charge on any atom is -0.447 e. The highest BCUT2D eigenvalue weighted by atomic mass is 35.5. The van der Waals surface area contributed by atoms with Gasteiger partial charge in [0.2, 0.25) is 12.0 Å². The van der Waals surface area contributed by atoms with Gasteiger partial charge < -0.3 is 10.1 Å². The van der Waals surface area contributed by atoms with E-state index in [1.54, 1.807) is 18.2 Å². The summed E-state index contributed by atoms with van der Waals surface area (Å²) in [6.07, 6.45) is 3.11. The second-order valence-electron chi connectivity index (χ2n) is 8.50. The van der Waals surface area contributed by atoms with Gasteiger partial charge in [-0.15, -0.1) is 5.10 Å². The van der Waals surface area contributed by atoms with Crippen LogP contribution in [0.2, 0.25) is 5.02 Å². The Labute approximate surface area is 222 Å². The zero-order valence-corrected chi connectivity index (χ0v) is 21.2. The van der Waals surface area contributed by atoms with Gasteiger partial charge in [0, 0.05) is 36.2 Å². The summed E-state index contributed by atoms with van der Waals surface area (Å²) in [5.74, 6) is -2.27. The van der Waals surface area contributed by atoms with Gasteiger partial charge in [-0.25, -0.2) is 14.1 Å². The first kappa shape index (κ1) is 26.9. The van der Waals surface area contributed by atoms with Crippen molar-refractivity contribution in [3.05, 3.63) is 70.8 Å². The molecule has 0 saturated carbocycles. The fraction of sp³-hybridized carbons (Fsp3) is 0.320. The number of benzene rings is 2. The number of carbonyl (C=O) groups excluding carboxylic acids is 3. The number of aromatic nitrogens is 4. The molecule has 0 bridgehead atoms. The summed E-state index contributed by atoms with van der Waals surface area (Å²) in [5, 5.41) is 19.5. The monoisotopic (exact) mass is 541 g/mol. The minimum absolute atomic E-state index is 0.0700. The van der Waals surface area contributed by atoms with Gasteiger partial charge in [-0.05, 0) is 52.7 Å². The Morgan fingerprint density at radius 3 is 2.71 bits per heavy atom. The van der Waals surface area contributed by atoms with E-state index >= 15 is 0 Å². The number of hydrogen-bond donors (Lipinski definition) is 1. The number of halogens is 2. The van der Waals surface area contributed by atoms with Crippen molar-refractivity contribution >= 4 is 35.6 Å². The molecule has 0 unspecified atom stereocenters. The van der Waals surface area contributed by atoms with E-state index in [1.807, 2.05) is 6.92 Å². The van der Waals surface area contributed by atoms with Crippen molar-refractivity contribution < 1.29 is 23.5 Å². The lowest BCUT2D eigenvalue weighted by atomic mass is 10.1. The van der Waals surface area contributed by atoms with Crippen LogP contribution in [-0.2, 0) is 25.7 Å². The predicted molar refractivity (Wildman–Crippen MR) is 135 cm³/mol. The molecule has 1 aliphatic rings. The molecule has 0 radical (unpaired) electrons. The first-order valence-electron chi connectivity index (χ1n) is 12.0. The quantitative estimate of drug-likeness (QED) is 0.390. The number of hydrazone groups is 1. The molecule has 1 aromatic heterocycles. The van der Waals surface area contributed by atoms with Crippen molar-refractivity contribution in [1.82, 2.24) is 30.5 Å². The molecule has 1 aliphatic heterocycles. The highest BCUT2D eigenvalue weighted by Gasteiger charge is 2.38. The number of rotatable bonds is 10. The van der Waals surface area contributed by atoms with E-state index in [0.717, 1.165) is 11.4 Å². The number of carbonyl (C=O) groups is 3. The largest absolute Gasteiger partial charge is 0.447 e. The minimum atomic E-state index is -1.38. The van der Waals surface area contributed by atoms with Crippen molar-refractivity contribution in [1.29, 1.82) is 0 Å². The van der Waals surface area contributed by atoms with Crippen LogP contribution in [0.25, 0.3) is 5.69 Å². The van der Waals surface area contributed by atoms with Crippen LogP contribution in [-0.4, -0.2) is 55.3 Å². The maximum atomic E-state index is 13.5. The van der Waals surface area contributed by atoms with Gasteiger partial charge in [0.25, 0.3) is 5.91 Å². The molecule has 0 spiro atoms. The lowest BCUT2D eigenvalue weighted by Crippen LogP contribution is -2.46. The van der Waals surface area contributed by atoms with Crippen LogP contribution in [0.15, 0.2) is 53.9 Å². The Bertz CT molecular complexity index is 1320. The Kier molecular flexibility index (Phi) is 8.74. The Morgan fingerprint density at radius 1 is 1.21 bits per heavy atom. The van der Waals surface area contributed by atoms with E-state index in [9.17, 15) is 18.8 Å². The number of unbranched alkanes of at least 4 members (excludes halogenated alkanes) is 1. The number of ether oxygens (including phenoxy) is 1. The summed E-state index contributed by atoms with van der Waals surface area (Å²) in [7, 11) is 0. The molecule has 0 fully saturated rings. The zero-order chi connectivity index (χ0) is 27.1. The first-order chi connectivity index (χ1) is 18.4. The number of nitrogens with one attached hydrogen (secondary N) is 1. The maximum absolute atomic E-state index is 13.5. The van der Waals surface area contributed by atoms with Gasteiger partial charge in [-0.2, -0.15) is 5.10 Å². The number of hydrogen-bond acceptors (Lipinski definition) is 8. The Balaban J connectivity index is 1.50. The topological polar surface area (TPSA) is 132 Å². The van der Waals surface area contributed by atoms with Crippen LogP contribution in [0.4, 0.5) is 4.39 Å². The molecule has 13 heteroatoms. The fourth-order valence-electron chi connectivity index (χ4n) is 3.87. The lowest BCUT2D eigenvalue weighted by Gasteiger charge is -2.26. The Hall–Kier alpha value is -4.19. The molecule has 198 valence electrons. The second kappa shape index (κ2) is 12.4. The average Bonchev–Trinajstić information content (AvgIpc) is 3.62. The van der Waals surface area contributed by atoms with E-state index < -0.39 is 35.7 Å². The van der Waals surface area contributed by atoms with Crippen molar-refractivity contribution in [2.45, 2.75) is 51.3 Å². The predicted octanol–water partition coefficient (Wildman–Crippen LogP) is 3.13. The van der Waals surface area contributed by atoms with Crippen LogP contribution in [0, 0.1) is 5.82 Å². The summed E-state index contributed by atoms with van der Waals surface area (Å²) < 4.78 is 20.4. The molecule has 0 saturated heterocycles. The van der Waals surface area contributed by atoms with Gasteiger partial charge in [-0.3, -0.25) is 14.4 Å². The van der Waals surface area contributed by atoms with E-state index in [-0.39, 0.29) is 24.9 Å². The highest BCUT2D eigenvalue weighted by Crippen LogP contribution is 2.26. The summed E-state index contributed by atoms with van der Waals surface area (Å²) in [6.45, 7) is 1.99. The normalized spacial score (nSPS) is 15.3. The molecule has 11 nitrogen and oxygen atoms in total. The molecule has 2 heterocycles. The summed E-state index contributed by atoms with van der Waals surface area (Å²) in [5.41, 5.74) is 1.53. The SMILES string of the molecule is CCCCC(=O)O[C@@H](C(=O)N1N=CC[C@H]1C(=O)NCc1cc(Cl)ccc1-n1cnnn1)c1ccc(F)cc1. The lowest BCUT2D eigenvalue weighted by molar-refractivity contribution is -0.162. The fourth-order valence-corrected chi connectivity index (χ4v) is 4.06. The molecule has 38 heavy (non-hydrogen) atoms. The molecule has 0 aliphatic carbocycles. The molecule has 4 rings (SSSR count). The molecule has 1 N–H and O–H groups in total. The molecular weight excluding hydrogens is 517 g/mol. The standard InChI is InChI=1S/C25H25ClFN7O4/c1-2-3-4-22(35)38-23(16-5-8-19(27)9-6-16)25(37)34-21(11-12-30-34)24(36)28-14-17-13-18(26)7-10-20(17)33-15-29-31-32-33/h5-10,12-13,15,21,23H,2-4,11,14H2,1H3,(H,28,36)/t21-,23+/m0/s1. The van der Waals surface area contributed by atoms with Gasteiger partial charge in [0.05, 0.1) is 5.69 Å². The van der Waals surface area contributed by atoms with Crippen LogP contribution >= 0.6 is 11.6 Å². The second-order valence-corrected chi connectivity index (χ2v) is 8.94. The van der Waals surface area contributed by atoms with Crippen LogP contribution in [0.5, 0.6) is 0 Å². The average molecular weight is 542 g/mol. The Morgan fingerprint density at radius 2 is 2.00 bits per heavy atom.